The number of carbonyl (C=O) groups excluding carboxylic acids is 1. The van der Waals surface area contributed by atoms with Gasteiger partial charge in [0.15, 0.2) is 0 Å². The van der Waals surface area contributed by atoms with Crippen LogP contribution >= 0.6 is 0 Å². The first kappa shape index (κ1) is 15.0. The van der Waals surface area contributed by atoms with E-state index in [1.165, 1.54) is 13.1 Å². The Morgan fingerprint density at radius 1 is 1.60 bits per heavy atom. The van der Waals surface area contributed by atoms with E-state index < -0.39 is 12.2 Å². The summed E-state index contributed by atoms with van der Waals surface area (Å²) in [7, 11) is 0. The number of aliphatic hydroxyl groups is 2. The Bertz CT molecular complexity index is 443. The van der Waals surface area contributed by atoms with E-state index in [9.17, 15) is 15.0 Å². The van der Waals surface area contributed by atoms with Gasteiger partial charge in [-0.3, -0.25) is 4.79 Å². The summed E-state index contributed by atoms with van der Waals surface area (Å²) in [6, 6.07) is 0. The molecular weight excluding hydrogens is 262 g/mol. The molecule has 1 aliphatic heterocycles. The van der Waals surface area contributed by atoms with E-state index in [-0.39, 0.29) is 18.7 Å². The van der Waals surface area contributed by atoms with Gasteiger partial charge in [-0.15, -0.1) is 0 Å². The number of hydrogen-bond donors (Lipinski definition) is 3. The van der Waals surface area contributed by atoms with E-state index in [0.717, 1.165) is 19.3 Å². The molecule has 0 aromatic carbocycles. The summed E-state index contributed by atoms with van der Waals surface area (Å²) in [4.78, 5) is 10.8. The summed E-state index contributed by atoms with van der Waals surface area (Å²) in [6.07, 6.45) is 3.99. The van der Waals surface area contributed by atoms with Gasteiger partial charge in [-0.05, 0) is 19.3 Å². The number of aromatic nitrogens is 2. The molecule has 3 N–H and O–H groups in total. The van der Waals surface area contributed by atoms with Crippen LogP contribution in [0.5, 0.6) is 0 Å². The van der Waals surface area contributed by atoms with E-state index in [2.05, 4.69) is 10.4 Å². The van der Waals surface area contributed by atoms with Crippen molar-refractivity contribution in [2.45, 2.75) is 44.6 Å². The van der Waals surface area contributed by atoms with Crippen molar-refractivity contribution in [3.63, 3.8) is 0 Å². The van der Waals surface area contributed by atoms with Crippen molar-refractivity contribution < 1.29 is 19.7 Å². The molecule has 0 bridgehead atoms. The monoisotopic (exact) mass is 283 g/mol. The lowest BCUT2D eigenvalue weighted by molar-refractivity contribution is -0.119. The first-order valence-electron chi connectivity index (χ1n) is 6.84. The van der Waals surface area contributed by atoms with Crippen LogP contribution in [0.1, 0.15) is 44.1 Å². The number of aliphatic hydroxyl groups excluding tert-OH is 2. The maximum atomic E-state index is 10.8. The molecular formula is C13H21N3O4. The van der Waals surface area contributed by atoms with Crippen LogP contribution in [0.3, 0.4) is 0 Å². The summed E-state index contributed by atoms with van der Waals surface area (Å²) >= 11 is 0. The molecule has 20 heavy (non-hydrogen) atoms. The van der Waals surface area contributed by atoms with Crippen LogP contribution in [0.4, 0.5) is 0 Å². The Labute approximate surface area is 117 Å². The molecule has 1 amide bonds. The lowest BCUT2D eigenvalue weighted by atomic mass is 10.1. The quantitative estimate of drug-likeness (QED) is 0.713. The zero-order valence-corrected chi connectivity index (χ0v) is 11.5. The zero-order valence-electron chi connectivity index (χ0n) is 11.5. The molecule has 3 atom stereocenters. The Balaban J connectivity index is 1.94. The lowest BCUT2D eigenvalue weighted by Crippen LogP contribution is -2.34. The predicted molar refractivity (Wildman–Crippen MR) is 70.7 cm³/mol. The second kappa shape index (κ2) is 6.83. The van der Waals surface area contributed by atoms with Crippen molar-refractivity contribution in [3.8, 4) is 0 Å². The van der Waals surface area contributed by atoms with Crippen LogP contribution in [-0.2, 0) is 9.53 Å². The Kier molecular flexibility index (Phi) is 5.11. The van der Waals surface area contributed by atoms with Crippen LogP contribution in [-0.4, -0.2) is 45.2 Å². The van der Waals surface area contributed by atoms with Gasteiger partial charge in [0.1, 0.15) is 18.4 Å². The largest absolute Gasteiger partial charge is 0.388 e. The number of ether oxygens (including phenoxy) is 1. The van der Waals surface area contributed by atoms with Gasteiger partial charge in [-0.25, -0.2) is 4.68 Å². The van der Waals surface area contributed by atoms with Crippen molar-refractivity contribution in [1.29, 1.82) is 0 Å². The second-order valence-corrected chi connectivity index (χ2v) is 5.02. The van der Waals surface area contributed by atoms with Crippen molar-refractivity contribution in [2.75, 3.05) is 13.2 Å². The summed E-state index contributed by atoms with van der Waals surface area (Å²) in [5.41, 5.74) is 0.511. The summed E-state index contributed by atoms with van der Waals surface area (Å²) in [6.45, 7) is 2.08. The normalized spacial score (nSPS) is 22.2. The Morgan fingerprint density at radius 2 is 2.40 bits per heavy atom. The molecule has 2 unspecified atom stereocenters. The maximum Gasteiger partial charge on any atom is 0.216 e. The van der Waals surface area contributed by atoms with Gasteiger partial charge < -0.3 is 20.3 Å². The van der Waals surface area contributed by atoms with E-state index in [0.29, 0.717) is 12.2 Å². The van der Waals surface area contributed by atoms with E-state index >= 15 is 0 Å². The topological polar surface area (TPSA) is 96.6 Å². The fourth-order valence-corrected chi connectivity index (χ4v) is 2.18. The third-order valence-electron chi connectivity index (χ3n) is 3.34. The molecule has 1 aromatic heterocycles. The number of nitrogens with one attached hydrogen (secondary N) is 1. The Morgan fingerprint density at radius 3 is 3.05 bits per heavy atom. The first-order valence-corrected chi connectivity index (χ1v) is 6.84. The van der Waals surface area contributed by atoms with E-state index in [4.69, 9.17) is 4.74 Å². The molecule has 0 spiro atoms. The maximum absolute atomic E-state index is 10.8. The Hall–Kier alpha value is -1.44. The van der Waals surface area contributed by atoms with Gasteiger partial charge in [0.2, 0.25) is 5.91 Å². The molecule has 0 radical (unpaired) electrons. The highest BCUT2D eigenvalue weighted by molar-refractivity contribution is 5.72. The van der Waals surface area contributed by atoms with Crippen LogP contribution in [0, 0.1) is 0 Å². The third kappa shape index (κ3) is 3.78. The SMILES string of the molecule is CC(=O)NCC(O)C(O)c1cnn([C@@H]2CCCCO2)c1. The molecule has 1 fully saturated rings. The summed E-state index contributed by atoms with van der Waals surface area (Å²) in [5, 5.41) is 26.5. The van der Waals surface area contributed by atoms with Crippen LogP contribution in [0.2, 0.25) is 0 Å². The lowest BCUT2D eigenvalue weighted by Gasteiger charge is -2.22. The summed E-state index contributed by atoms with van der Waals surface area (Å²) < 4.78 is 7.27. The minimum Gasteiger partial charge on any atom is -0.388 e. The van der Waals surface area contributed by atoms with E-state index in [1.54, 1.807) is 10.9 Å². The standard InChI is InChI=1S/C13H21N3O4/c1-9(17)14-7-11(18)13(19)10-6-15-16(8-10)12-4-2-3-5-20-12/h6,8,11-13,18-19H,2-5,7H2,1H3,(H,14,17)/t11?,12-,13?/m0/s1. The average Bonchev–Trinajstić information content (AvgIpc) is 2.94. The number of rotatable bonds is 5. The predicted octanol–water partition coefficient (Wildman–Crippen LogP) is 0.113. The molecule has 0 saturated carbocycles. The molecule has 7 nitrogen and oxygen atoms in total. The van der Waals surface area contributed by atoms with Crippen molar-refractivity contribution >= 4 is 5.91 Å². The number of carbonyl (C=O) groups is 1. The van der Waals surface area contributed by atoms with Gasteiger partial charge in [-0.2, -0.15) is 5.10 Å². The number of hydrogen-bond acceptors (Lipinski definition) is 5. The molecule has 1 aromatic rings. The third-order valence-corrected chi connectivity index (χ3v) is 3.34. The van der Waals surface area contributed by atoms with E-state index in [1.807, 2.05) is 0 Å². The minimum absolute atomic E-state index is 0.00160. The first-order chi connectivity index (χ1) is 9.58. The highest BCUT2D eigenvalue weighted by atomic mass is 16.5. The molecule has 0 aliphatic carbocycles. The zero-order chi connectivity index (χ0) is 14.5. The van der Waals surface area contributed by atoms with Crippen LogP contribution in [0.15, 0.2) is 12.4 Å². The molecule has 1 aliphatic rings. The molecule has 2 heterocycles. The van der Waals surface area contributed by atoms with Gasteiger partial charge in [-0.1, -0.05) is 0 Å². The van der Waals surface area contributed by atoms with Crippen molar-refractivity contribution in [3.05, 3.63) is 18.0 Å². The van der Waals surface area contributed by atoms with Crippen LogP contribution < -0.4 is 5.32 Å². The van der Waals surface area contributed by atoms with Crippen molar-refractivity contribution in [1.82, 2.24) is 15.1 Å². The highest BCUT2D eigenvalue weighted by Crippen LogP contribution is 2.24. The molecule has 1 saturated heterocycles. The minimum atomic E-state index is -1.08. The van der Waals surface area contributed by atoms with Gasteiger partial charge in [0.25, 0.3) is 0 Å². The second-order valence-electron chi connectivity index (χ2n) is 5.02. The summed E-state index contributed by atoms with van der Waals surface area (Å²) in [5.74, 6) is -0.248. The molecule has 7 heteroatoms. The number of nitrogens with zero attached hydrogens (tertiary/aromatic N) is 2. The smallest absolute Gasteiger partial charge is 0.216 e. The fourth-order valence-electron chi connectivity index (χ4n) is 2.18. The van der Waals surface area contributed by atoms with Crippen molar-refractivity contribution in [2.24, 2.45) is 0 Å². The van der Waals surface area contributed by atoms with Gasteiger partial charge in [0, 0.05) is 31.8 Å². The molecule has 112 valence electrons. The fraction of sp³-hybridized carbons (Fsp3) is 0.692. The van der Waals surface area contributed by atoms with Gasteiger partial charge in [0.05, 0.1) is 6.20 Å². The average molecular weight is 283 g/mol. The van der Waals surface area contributed by atoms with Gasteiger partial charge >= 0.3 is 0 Å². The highest BCUT2D eigenvalue weighted by Gasteiger charge is 2.22. The number of amides is 1. The van der Waals surface area contributed by atoms with Crippen LogP contribution in [0.25, 0.3) is 0 Å². The molecule has 2 rings (SSSR count).